The quantitative estimate of drug-likeness (QED) is 0.586. The molecule has 0 aromatic carbocycles. The standard InChI is InChI=1S/C7H15N.C4H10/c1-2-8-6-4-3-5-7-8;1-4(2)3/h2-7H2,1H3;4H,1-3H3. The van der Waals surface area contributed by atoms with Crippen molar-refractivity contribution in [2.75, 3.05) is 19.6 Å². The van der Waals surface area contributed by atoms with Gasteiger partial charge in [-0.2, -0.15) is 0 Å². The van der Waals surface area contributed by atoms with Crippen molar-refractivity contribution in [2.24, 2.45) is 5.92 Å². The summed E-state index contributed by atoms with van der Waals surface area (Å²) >= 11 is 0. The molecule has 0 spiro atoms. The lowest BCUT2D eigenvalue weighted by Gasteiger charge is -2.24. The van der Waals surface area contributed by atoms with E-state index < -0.39 is 0 Å². The number of hydrogen-bond acceptors (Lipinski definition) is 1. The van der Waals surface area contributed by atoms with Gasteiger partial charge in [-0.15, -0.1) is 0 Å². The van der Waals surface area contributed by atoms with Crippen LogP contribution in [-0.4, -0.2) is 24.5 Å². The zero-order valence-corrected chi connectivity index (χ0v) is 9.27. The van der Waals surface area contributed by atoms with Crippen LogP contribution in [-0.2, 0) is 0 Å². The fourth-order valence-corrected chi connectivity index (χ4v) is 1.28. The third kappa shape index (κ3) is 8.06. The second-order valence-electron chi connectivity index (χ2n) is 4.23. The Morgan fingerprint density at radius 3 is 1.67 bits per heavy atom. The normalized spacial score (nSPS) is 18.8. The van der Waals surface area contributed by atoms with Gasteiger partial charge in [-0.1, -0.05) is 34.1 Å². The monoisotopic (exact) mass is 171 g/mol. The number of likely N-dealkylation sites (tertiary alicyclic amines) is 1. The molecule has 0 atom stereocenters. The van der Waals surface area contributed by atoms with Gasteiger partial charge in [0.1, 0.15) is 0 Å². The van der Waals surface area contributed by atoms with E-state index in [2.05, 4.69) is 32.6 Å². The highest BCUT2D eigenvalue weighted by Crippen LogP contribution is 2.06. The average Bonchev–Trinajstić information content (AvgIpc) is 2.05. The number of rotatable bonds is 1. The Bertz CT molecular complexity index is 80.3. The molecule has 0 aromatic heterocycles. The lowest BCUT2D eigenvalue weighted by atomic mass is 10.1. The molecule has 1 saturated heterocycles. The highest BCUT2D eigenvalue weighted by atomic mass is 15.1. The Kier molecular flexibility index (Phi) is 7.58. The maximum absolute atomic E-state index is 2.52. The van der Waals surface area contributed by atoms with E-state index in [0.717, 1.165) is 5.92 Å². The molecule has 1 aliphatic rings. The Morgan fingerprint density at radius 1 is 1.00 bits per heavy atom. The Labute approximate surface area is 78.1 Å². The topological polar surface area (TPSA) is 3.24 Å². The minimum atomic E-state index is 0.833. The Hall–Kier alpha value is -0.0400. The van der Waals surface area contributed by atoms with Crippen molar-refractivity contribution >= 4 is 0 Å². The molecule has 1 heteroatoms. The minimum Gasteiger partial charge on any atom is -0.304 e. The molecule has 1 heterocycles. The molecule has 1 fully saturated rings. The van der Waals surface area contributed by atoms with E-state index in [-0.39, 0.29) is 0 Å². The summed E-state index contributed by atoms with van der Waals surface area (Å²) in [5.74, 6) is 0.833. The third-order valence-electron chi connectivity index (χ3n) is 1.90. The number of nitrogens with zero attached hydrogens (tertiary/aromatic N) is 1. The molecule has 0 amide bonds. The molecule has 0 bridgehead atoms. The predicted molar refractivity (Wildman–Crippen MR) is 56.5 cm³/mol. The molecule has 0 saturated carbocycles. The number of hydrogen-bond donors (Lipinski definition) is 0. The van der Waals surface area contributed by atoms with E-state index in [1.807, 2.05) is 0 Å². The largest absolute Gasteiger partial charge is 0.304 e. The second-order valence-corrected chi connectivity index (χ2v) is 4.23. The molecule has 1 nitrogen and oxygen atoms in total. The molecule has 0 N–H and O–H groups in total. The zero-order valence-electron chi connectivity index (χ0n) is 9.27. The summed E-state index contributed by atoms with van der Waals surface area (Å²) in [6.07, 6.45) is 4.30. The van der Waals surface area contributed by atoms with Gasteiger partial charge >= 0.3 is 0 Å². The smallest absolute Gasteiger partial charge is 0.00188 e. The number of piperidine rings is 1. The average molecular weight is 171 g/mol. The van der Waals surface area contributed by atoms with E-state index in [0.29, 0.717) is 0 Å². The predicted octanol–water partition coefficient (Wildman–Crippen LogP) is 3.15. The summed E-state index contributed by atoms with van der Waals surface area (Å²) in [6, 6.07) is 0. The van der Waals surface area contributed by atoms with Crippen LogP contribution in [0.5, 0.6) is 0 Å². The van der Waals surface area contributed by atoms with E-state index in [1.165, 1.54) is 38.9 Å². The fourth-order valence-electron chi connectivity index (χ4n) is 1.28. The first-order valence-corrected chi connectivity index (χ1v) is 5.39. The van der Waals surface area contributed by atoms with Crippen LogP contribution in [0.1, 0.15) is 47.0 Å². The molecule has 0 aliphatic carbocycles. The van der Waals surface area contributed by atoms with Crippen LogP contribution in [0, 0.1) is 5.92 Å². The van der Waals surface area contributed by atoms with Crippen LogP contribution in [0.3, 0.4) is 0 Å². The zero-order chi connectivity index (χ0) is 9.40. The van der Waals surface area contributed by atoms with E-state index >= 15 is 0 Å². The first-order valence-electron chi connectivity index (χ1n) is 5.39. The first kappa shape index (κ1) is 12.0. The summed E-state index contributed by atoms with van der Waals surface area (Å²) < 4.78 is 0. The molecule has 1 rings (SSSR count). The lowest BCUT2D eigenvalue weighted by molar-refractivity contribution is 0.240. The molecule has 0 unspecified atom stereocenters. The second kappa shape index (κ2) is 7.60. The van der Waals surface area contributed by atoms with Gasteiger partial charge in [0.15, 0.2) is 0 Å². The summed E-state index contributed by atoms with van der Waals surface area (Å²) in [5.41, 5.74) is 0. The van der Waals surface area contributed by atoms with E-state index in [1.54, 1.807) is 0 Å². The Balaban J connectivity index is 0.000000261. The van der Waals surface area contributed by atoms with Crippen molar-refractivity contribution in [1.29, 1.82) is 0 Å². The molecular formula is C11H25N. The summed E-state index contributed by atoms with van der Waals surface area (Å²) in [7, 11) is 0. The highest BCUT2D eigenvalue weighted by molar-refractivity contribution is 4.61. The maximum Gasteiger partial charge on any atom is -0.00188 e. The molecule has 0 aromatic rings. The van der Waals surface area contributed by atoms with Crippen LogP contribution < -0.4 is 0 Å². The third-order valence-corrected chi connectivity index (χ3v) is 1.90. The first-order chi connectivity index (χ1) is 5.66. The van der Waals surface area contributed by atoms with Gasteiger partial charge in [-0.25, -0.2) is 0 Å². The highest BCUT2D eigenvalue weighted by Gasteiger charge is 2.05. The van der Waals surface area contributed by atoms with Gasteiger partial charge in [0.25, 0.3) is 0 Å². The van der Waals surface area contributed by atoms with E-state index in [9.17, 15) is 0 Å². The summed E-state index contributed by atoms with van der Waals surface area (Å²) in [4.78, 5) is 2.52. The summed E-state index contributed by atoms with van der Waals surface area (Å²) in [5, 5.41) is 0. The van der Waals surface area contributed by atoms with Crippen LogP contribution >= 0.6 is 0 Å². The van der Waals surface area contributed by atoms with Crippen LogP contribution in [0.4, 0.5) is 0 Å². The molecule has 74 valence electrons. The van der Waals surface area contributed by atoms with Gasteiger partial charge in [0, 0.05) is 0 Å². The Morgan fingerprint density at radius 2 is 1.42 bits per heavy atom. The molecule has 1 aliphatic heterocycles. The SMILES string of the molecule is CC(C)C.CCN1CCCCC1. The fraction of sp³-hybridized carbons (Fsp3) is 1.00. The van der Waals surface area contributed by atoms with Gasteiger partial charge in [0.2, 0.25) is 0 Å². The van der Waals surface area contributed by atoms with Crippen LogP contribution in [0.2, 0.25) is 0 Å². The van der Waals surface area contributed by atoms with Crippen molar-refractivity contribution in [2.45, 2.75) is 47.0 Å². The van der Waals surface area contributed by atoms with Gasteiger partial charge in [-0.05, 0) is 38.4 Å². The van der Waals surface area contributed by atoms with Crippen LogP contribution in [0.15, 0.2) is 0 Å². The van der Waals surface area contributed by atoms with Crippen molar-refractivity contribution < 1.29 is 0 Å². The van der Waals surface area contributed by atoms with Gasteiger partial charge < -0.3 is 4.90 Å². The molecule has 0 radical (unpaired) electrons. The maximum atomic E-state index is 2.52. The van der Waals surface area contributed by atoms with Gasteiger partial charge in [0.05, 0.1) is 0 Å². The van der Waals surface area contributed by atoms with Crippen molar-refractivity contribution in [3.63, 3.8) is 0 Å². The van der Waals surface area contributed by atoms with Crippen LogP contribution in [0.25, 0.3) is 0 Å². The van der Waals surface area contributed by atoms with Crippen molar-refractivity contribution in [3.05, 3.63) is 0 Å². The molecular weight excluding hydrogens is 146 g/mol. The lowest BCUT2D eigenvalue weighted by Crippen LogP contribution is -2.29. The summed E-state index contributed by atoms with van der Waals surface area (Å²) in [6.45, 7) is 12.7. The van der Waals surface area contributed by atoms with Crippen molar-refractivity contribution in [1.82, 2.24) is 4.90 Å². The van der Waals surface area contributed by atoms with Gasteiger partial charge in [-0.3, -0.25) is 0 Å². The minimum absolute atomic E-state index is 0.833. The van der Waals surface area contributed by atoms with E-state index in [4.69, 9.17) is 0 Å². The molecule has 12 heavy (non-hydrogen) atoms. The van der Waals surface area contributed by atoms with Crippen molar-refractivity contribution in [3.8, 4) is 0 Å².